The average molecular weight is 485 g/mol. The van der Waals surface area contributed by atoms with Gasteiger partial charge in [0.25, 0.3) is 0 Å². The van der Waals surface area contributed by atoms with Gasteiger partial charge in [0.05, 0.1) is 35.7 Å². The molecule has 0 saturated carbocycles. The zero-order valence-electron chi connectivity index (χ0n) is 20.0. The number of nitrogens with zero attached hydrogens (tertiary/aromatic N) is 4. The lowest BCUT2D eigenvalue weighted by molar-refractivity contribution is 0.238. The molecule has 1 aromatic heterocycles. The van der Waals surface area contributed by atoms with Crippen molar-refractivity contribution in [3.63, 3.8) is 0 Å². The summed E-state index contributed by atoms with van der Waals surface area (Å²) in [6.45, 7) is 5.93. The summed E-state index contributed by atoms with van der Waals surface area (Å²) in [7, 11) is -0.416. The number of fused-ring (bicyclic) bond motifs is 2. The molecule has 182 valence electrons. The molecule has 1 fully saturated rings. The molecule has 3 heterocycles. The summed E-state index contributed by atoms with van der Waals surface area (Å²) in [5.74, 6) is 2.61. The second kappa shape index (κ2) is 9.20. The number of aryl methyl sites for hydroxylation is 1. The van der Waals surface area contributed by atoms with E-state index in [-0.39, 0.29) is 10.9 Å². The molecule has 0 amide bonds. The summed E-state index contributed by atoms with van der Waals surface area (Å²) >= 11 is 0. The molecule has 2 aromatic carbocycles. The van der Waals surface area contributed by atoms with Crippen molar-refractivity contribution >= 4 is 21.1 Å². The van der Waals surface area contributed by atoms with E-state index in [0.717, 1.165) is 55.2 Å². The number of rotatable bonds is 6. The lowest BCUT2D eigenvalue weighted by Crippen LogP contribution is -2.24. The minimum Gasteiger partial charge on any atom is -0.490 e. The molecule has 2 aliphatic rings. The fourth-order valence-electron chi connectivity index (χ4n) is 4.97. The molecule has 3 aromatic rings. The molecule has 2 aliphatic heterocycles. The Hall–Kier alpha value is -2.62. The monoisotopic (exact) mass is 484 g/mol. The minimum absolute atomic E-state index is 0.267. The van der Waals surface area contributed by atoms with E-state index in [4.69, 9.17) is 14.5 Å². The van der Waals surface area contributed by atoms with Crippen molar-refractivity contribution in [3.8, 4) is 11.5 Å². The maximum absolute atomic E-state index is 12.6. The maximum atomic E-state index is 12.6. The minimum atomic E-state index is -3.50. The van der Waals surface area contributed by atoms with Crippen LogP contribution in [-0.4, -0.2) is 61.0 Å². The van der Waals surface area contributed by atoms with Crippen LogP contribution in [0.5, 0.6) is 11.5 Å². The highest BCUT2D eigenvalue weighted by Gasteiger charge is 2.29. The van der Waals surface area contributed by atoms with E-state index in [1.165, 1.54) is 9.87 Å². The Morgan fingerprint density at radius 1 is 1.06 bits per heavy atom. The Kier molecular flexibility index (Phi) is 6.26. The molecule has 0 spiro atoms. The van der Waals surface area contributed by atoms with Crippen molar-refractivity contribution in [1.29, 1.82) is 0 Å². The van der Waals surface area contributed by atoms with Gasteiger partial charge in [-0.15, -0.1) is 0 Å². The van der Waals surface area contributed by atoms with E-state index in [0.29, 0.717) is 25.3 Å². The van der Waals surface area contributed by atoms with Crippen LogP contribution in [0.2, 0.25) is 0 Å². The van der Waals surface area contributed by atoms with Crippen LogP contribution in [0.25, 0.3) is 11.0 Å². The molecular weight excluding hydrogens is 452 g/mol. The zero-order valence-corrected chi connectivity index (χ0v) is 20.8. The highest BCUT2D eigenvalue weighted by atomic mass is 32.2. The maximum Gasteiger partial charge on any atom is 0.242 e. The van der Waals surface area contributed by atoms with Gasteiger partial charge in [-0.2, -0.15) is 0 Å². The van der Waals surface area contributed by atoms with Crippen LogP contribution >= 0.6 is 0 Å². The quantitative estimate of drug-likeness (QED) is 0.530. The van der Waals surface area contributed by atoms with E-state index in [1.807, 2.05) is 12.1 Å². The van der Waals surface area contributed by atoms with Crippen LogP contribution in [-0.2, 0) is 23.1 Å². The standard InChI is InChI=1S/C25H32N4O4S/c1-4-29-22-10-9-19(34(30,31)27(2)3)16-20(22)26-25(29)17-28-12-5-7-21(28)18-8-11-23-24(15-18)33-14-6-13-32-23/h8-11,15-16,21H,4-7,12-14,17H2,1-3H3. The number of imidazole rings is 1. The second-order valence-electron chi connectivity index (χ2n) is 9.10. The highest BCUT2D eigenvalue weighted by Crippen LogP contribution is 2.38. The molecule has 0 N–H and O–H groups in total. The fraction of sp³-hybridized carbons (Fsp3) is 0.480. The molecule has 1 saturated heterocycles. The largest absolute Gasteiger partial charge is 0.490 e. The summed E-state index contributed by atoms with van der Waals surface area (Å²) in [6, 6.07) is 11.8. The summed E-state index contributed by atoms with van der Waals surface area (Å²) in [5, 5.41) is 0. The number of aromatic nitrogens is 2. The molecule has 1 atom stereocenters. The zero-order chi connectivity index (χ0) is 23.9. The molecule has 34 heavy (non-hydrogen) atoms. The smallest absolute Gasteiger partial charge is 0.242 e. The second-order valence-corrected chi connectivity index (χ2v) is 11.2. The normalized spacial score (nSPS) is 19.1. The van der Waals surface area contributed by atoms with Crippen LogP contribution in [0.4, 0.5) is 0 Å². The summed E-state index contributed by atoms with van der Waals surface area (Å²) < 4.78 is 40.3. The van der Waals surface area contributed by atoms with Crippen molar-refractivity contribution in [2.45, 2.75) is 50.2 Å². The van der Waals surface area contributed by atoms with Crippen LogP contribution in [0, 0.1) is 0 Å². The molecule has 0 aliphatic carbocycles. The van der Waals surface area contributed by atoms with Gasteiger partial charge < -0.3 is 14.0 Å². The van der Waals surface area contributed by atoms with Crippen molar-refractivity contribution in [3.05, 3.63) is 47.8 Å². The van der Waals surface area contributed by atoms with Gasteiger partial charge in [-0.1, -0.05) is 6.07 Å². The van der Waals surface area contributed by atoms with Gasteiger partial charge in [0, 0.05) is 33.1 Å². The van der Waals surface area contributed by atoms with E-state index >= 15 is 0 Å². The molecular formula is C25H32N4O4S. The Morgan fingerprint density at radius 3 is 2.62 bits per heavy atom. The van der Waals surface area contributed by atoms with Gasteiger partial charge in [-0.25, -0.2) is 17.7 Å². The predicted octanol–water partition coefficient (Wildman–Crippen LogP) is 3.80. The third-order valence-corrected chi connectivity index (χ3v) is 8.57. The Labute approximate surface area is 201 Å². The first-order chi connectivity index (χ1) is 16.4. The van der Waals surface area contributed by atoms with Crippen LogP contribution in [0.3, 0.4) is 0 Å². The molecule has 0 bridgehead atoms. The lowest BCUT2D eigenvalue weighted by atomic mass is 10.0. The summed E-state index contributed by atoms with van der Waals surface area (Å²) in [5.41, 5.74) is 2.91. The van der Waals surface area contributed by atoms with E-state index in [1.54, 1.807) is 26.2 Å². The number of hydrogen-bond acceptors (Lipinski definition) is 6. The van der Waals surface area contributed by atoms with Crippen molar-refractivity contribution in [2.75, 3.05) is 33.9 Å². The summed E-state index contributed by atoms with van der Waals surface area (Å²) in [6.07, 6.45) is 3.10. The Morgan fingerprint density at radius 2 is 1.85 bits per heavy atom. The highest BCUT2D eigenvalue weighted by molar-refractivity contribution is 7.89. The van der Waals surface area contributed by atoms with E-state index < -0.39 is 10.0 Å². The average Bonchev–Trinajstić information content (AvgIpc) is 3.34. The molecule has 8 nitrogen and oxygen atoms in total. The first-order valence-corrected chi connectivity index (χ1v) is 13.4. The van der Waals surface area contributed by atoms with Gasteiger partial charge in [0.15, 0.2) is 11.5 Å². The number of sulfonamides is 1. The van der Waals surface area contributed by atoms with Gasteiger partial charge in [-0.3, -0.25) is 4.90 Å². The molecule has 5 rings (SSSR count). The van der Waals surface area contributed by atoms with Gasteiger partial charge >= 0.3 is 0 Å². The molecule has 0 radical (unpaired) electrons. The van der Waals surface area contributed by atoms with E-state index in [9.17, 15) is 8.42 Å². The van der Waals surface area contributed by atoms with Crippen LogP contribution < -0.4 is 9.47 Å². The number of likely N-dealkylation sites (tertiary alicyclic amines) is 1. The summed E-state index contributed by atoms with van der Waals surface area (Å²) in [4.78, 5) is 7.61. The van der Waals surface area contributed by atoms with Gasteiger partial charge in [0.1, 0.15) is 5.82 Å². The third-order valence-electron chi connectivity index (χ3n) is 6.76. The van der Waals surface area contributed by atoms with Crippen LogP contribution in [0.15, 0.2) is 41.3 Å². The van der Waals surface area contributed by atoms with Gasteiger partial charge in [-0.05, 0) is 62.2 Å². The first kappa shape index (κ1) is 23.1. The SMILES string of the molecule is CCn1c(CN2CCCC2c2ccc3c(c2)OCCCO3)nc2cc(S(=O)(=O)N(C)C)ccc21. The van der Waals surface area contributed by atoms with Crippen LogP contribution in [0.1, 0.15) is 43.6 Å². The Balaban J connectivity index is 1.44. The van der Waals surface area contributed by atoms with Crippen molar-refractivity contribution in [1.82, 2.24) is 18.8 Å². The molecule has 9 heteroatoms. The van der Waals surface area contributed by atoms with Crippen molar-refractivity contribution in [2.24, 2.45) is 0 Å². The number of ether oxygens (including phenoxy) is 2. The molecule has 1 unspecified atom stereocenters. The van der Waals surface area contributed by atoms with Crippen molar-refractivity contribution < 1.29 is 17.9 Å². The number of hydrogen-bond donors (Lipinski definition) is 0. The van der Waals surface area contributed by atoms with Gasteiger partial charge in [0.2, 0.25) is 10.0 Å². The van der Waals surface area contributed by atoms with E-state index in [2.05, 4.69) is 28.5 Å². The number of benzene rings is 2. The Bertz CT molecular complexity index is 1300. The fourth-order valence-corrected chi connectivity index (χ4v) is 5.89. The first-order valence-electron chi connectivity index (χ1n) is 11.9. The third kappa shape index (κ3) is 4.16. The topological polar surface area (TPSA) is 76.9 Å². The predicted molar refractivity (Wildman–Crippen MR) is 131 cm³/mol. The lowest BCUT2D eigenvalue weighted by Gasteiger charge is -2.25.